The van der Waals surface area contributed by atoms with E-state index in [0.717, 1.165) is 10.9 Å². The van der Waals surface area contributed by atoms with Crippen LogP contribution in [0.3, 0.4) is 0 Å². The van der Waals surface area contributed by atoms with E-state index in [1.54, 1.807) is 0 Å². The van der Waals surface area contributed by atoms with E-state index in [0.29, 0.717) is 6.61 Å². The number of benzene rings is 1. The Morgan fingerprint density at radius 3 is 3.17 bits per heavy atom. The Balaban J connectivity index is 2.11. The van der Waals surface area contributed by atoms with Gasteiger partial charge in [0.05, 0.1) is 18.6 Å². The van der Waals surface area contributed by atoms with Crippen LogP contribution in [-0.2, 0) is 9.57 Å². The van der Waals surface area contributed by atoms with Gasteiger partial charge in [-0.3, -0.25) is 10.3 Å². The zero-order valence-corrected chi connectivity index (χ0v) is 10.2. The first-order chi connectivity index (χ1) is 8.88. The molecule has 3 heteroatoms. The predicted molar refractivity (Wildman–Crippen MR) is 72.0 cm³/mol. The highest BCUT2D eigenvalue weighted by molar-refractivity contribution is 5.68. The summed E-state index contributed by atoms with van der Waals surface area (Å²) in [6.45, 7) is 2.58. The summed E-state index contributed by atoms with van der Waals surface area (Å²) in [5, 5.41) is 2.29. The van der Waals surface area contributed by atoms with Gasteiger partial charge in [0, 0.05) is 10.8 Å². The molecule has 0 saturated carbocycles. The van der Waals surface area contributed by atoms with Gasteiger partial charge in [-0.1, -0.05) is 18.2 Å². The van der Waals surface area contributed by atoms with Crippen molar-refractivity contribution in [2.24, 2.45) is 0 Å². The van der Waals surface area contributed by atoms with E-state index in [2.05, 4.69) is 23.7 Å². The van der Waals surface area contributed by atoms with Gasteiger partial charge in [0.15, 0.2) is 0 Å². The van der Waals surface area contributed by atoms with E-state index in [1.165, 1.54) is 10.8 Å². The molecular weight excluding hydrogens is 226 g/mol. The Hall–Kier alpha value is -2.00. The SMILES string of the molecule is CCONc1ccc2c(c1)=C1C=CC=CC1OC=2. The molecule has 3 rings (SSSR count). The third-order valence-electron chi connectivity index (χ3n) is 3.02. The first kappa shape index (κ1) is 11.1. The molecule has 1 aromatic rings. The van der Waals surface area contributed by atoms with Crippen molar-refractivity contribution >= 4 is 17.5 Å². The summed E-state index contributed by atoms with van der Waals surface area (Å²) in [7, 11) is 0. The second-order valence-electron chi connectivity index (χ2n) is 4.21. The normalized spacial score (nSPS) is 19.6. The number of allylic oxidation sites excluding steroid dienone is 2. The third-order valence-corrected chi connectivity index (χ3v) is 3.02. The molecule has 3 nitrogen and oxygen atoms in total. The van der Waals surface area contributed by atoms with Crippen LogP contribution in [-0.4, -0.2) is 12.7 Å². The Labute approximate surface area is 106 Å². The summed E-state index contributed by atoms with van der Waals surface area (Å²) in [4.78, 5) is 5.21. The van der Waals surface area contributed by atoms with Gasteiger partial charge in [-0.15, -0.1) is 0 Å². The molecule has 0 fully saturated rings. The number of anilines is 1. The smallest absolute Gasteiger partial charge is 0.142 e. The Bertz CT molecular complexity index is 628. The fourth-order valence-corrected chi connectivity index (χ4v) is 2.16. The topological polar surface area (TPSA) is 30.5 Å². The maximum atomic E-state index is 5.68. The summed E-state index contributed by atoms with van der Waals surface area (Å²) in [5.41, 5.74) is 5.08. The molecule has 92 valence electrons. The van der Waals surface area contributed by atoms with Gasteiger partial charge in [-0.2, -0.15) is 0 Å². The molecule has 1 N–H and O–H groups in total. The van der Waals surface area contributed by atoms with Crippen molar-refractivity contribution in [3.63, 3.8) is 0 Å². The van der Waals surface area contributed by atoms with Crippen molar-refractivity contribution in [1.82, 2.24) is 0 Å². The van der Waals surface area contributed by atoms with Gasteiger partial charge in [0.25, 0.3) is 0 Å². The first-order valence-electron chi connectivity index (χ1n) is 6.11. The molecule has 1 aromatic carbocycles. The number of hydrogen-bond donors (Lipinski definition) is 1. The molecule has 0 aromatic heterocycles. The fraction of sp³-hybridized carbons (Fsp3) is 0.200. The quantitative estimate of drug-likeness (QED) is 0.813. The van der Waals surface area contributed by atoms with Crippen LogP contribution in [0.15, 0.2) is 42.5 Å². The van der Waals surface area contributed by atoms with Crippen molar-refractivity contribution in [3.05, 3.63) is 52.9 Å². The van der Waals surface area contributed by atoms with Gasteiger partial charge in [-0.25, -0.2) is 0 Å². The van der Waals surface area contributed by atoms with Crippen molar-refractivity contribution < 1.29 is 9.57 Å². The van der Waals surface area contributed by atoms with Crippen LogP contribution in [0.2, 0.25) is 0 Å². The molecule has 1 atom stereocenters. The molecule has 0 saturated heterocycles. The first-order valence-corrected chi connectivity index (χ1v) is 6.11. The van der Waals surface area contributed by atoms with Crippen molar-refractivity contribution in [3.8, 4) is 0 Å². The highest BCUT2D eigenvalue weighted by Gasteiger charge is 2.15. The number of rotatable bonds is 3. The lowest BCUT2D eigenvalue weighted by Gasteiger charge is -2.20. The van der Waals surface area contributed by atoms with Gasteiger partial charge >= 0.3 is 0 Å². The van der Waals surface area contributed by atoms with Crippen LogP contribution in [0.1, 0.15) is 6.92 Å². The highest BCUT2D eigenvalue weighted by Crippen LogP contribution is 2.17. The molecule has 0 amide bonds. The molecule has 18 heavy (non-hydrogen) atoms. The van der Waals surface area contributed by atoms with E-state index in [-0.39, 0.29) is 6.10 Å². The van der Waals surface area contributed by atoms with Crippen molar-refractivity contribution in [2.45, 2.75) is 13.0 Å². The number of nitrogens with one attached hydrogen (secondary N) is 1. The van der Waals surface area contributed by atoms with Crippen LogP contribution in [0.25, 0.3) is 11.8 Å². The summed E-state index contributed by atoms with van der Waals surface area (Å²) in [5.74, 6) is 0. The largest absolute Gasteiger partial charge is 0.489 e. The molecule has 1 unspecified atom stereocenters. The van der Waals surface area contributed by atoms with E-state index in [1.807, 2.05) is 37.5 Å². The molecule has 1 aliphatic heterocycles. The minimum atomic E-state index is 0.0323. The lowest BCUT2D eigenvalue weighted by Crippen LogP contribution is -2.35. The van der Waals surface area contributed by atoms with E-state index < -0.39 is 0 Å². The number of ether oxygens (including phenoxy) is 1. The zero-order valence-electron chi connectivity index (χ0n) is 10.2. The minimum Gasteiger partial charge on any atom is -0.489 e. The molecule has 0 bridgehead atoms. The van der Waals surface area contributed by atoms with E-state index in [4.69, 9.17) is 9.57 Å². The van der Waals surface area contributed by atoms with Gasteiger partial charge in [0.1, 0.15) is 6.10 Å². The summed E-state index contributed by atoms with van der Waals surface area (Å²) in [6, 6.07) is 6.11. The molecular formula is C15H15NO2. The second kappa shape index (κ2) is 4.70. The average molecular weight is 241 g/mol. The maximum absolute atomic E-state index is 5.68. The molecule has 0 radical (unpaired) electrons. The second-order valence-corrected chi connectivity index (χ2v) is 4.21. The molecule has 1 aliphatic carbocycles. The van der Waals surface area contributed by atoms with Crippen LogP contribution in [0.4, 0.5) is 5.69 Å². The number of hydrogen-bond acceptors (Lipinski definition) is 3. The minimum absolute atomic E-state index is 0.0323. The van der Waals surface area contributed by atoms with Gasteiger partial charge in [-0.05, 0) is 36.4 Å². The average Bonchev–Trinajstić information content (AvgIpc) is 2.45. The maximum Gasteiger partial charge on any atom is 0.142 e. The monoisotopic (exact) mass is 241 g/mol. The van der Waals surface area contributed by atoms with E-state index in [9.17, 15) is 0 Å². The predicted octanol–water partition coefficient (Wildman–Crippen LogP) is 1.46. The molecule has 1 heterocycles. The highest BCUT2D eigenvalue weighted by atomic mass is 16.6. The Kier molecular flexibility index (Phi) is 2.90. The lowest BCUT2D eigenvalue weighted by atomic mass is 9.99. The zero-order chi connectivity index (χ0) is 12.4. The fourth-order valence-electron chi connectivity index (χ4n) is 2.16. The summed E-state index contributed by atoms with van der Waals surface area (Å²) >= 11 is 0. The van der Waals surface area contributed by atoms with Gasteiger partial charge < -0.3 is 4.74 Å². The van der Waals surface area contributed by atoms with Gasteiger partial charge in [0.2, 0.25) is 0 Å². The Morgan fingerprint density at radius 2 is 2.28 bits per heavy atom. The summed E-state index contributed by atoms with van der Waals surface area (Å²) in [6.07, 6.45) is 10.0. The van der Waals surface area contributed by atoms with Crippen molar-refractivity contribution in [1.29, 1.82) is 0 Å². The molecule has 0 spiro atoms. The molecule has 2 aliphatic rings. The standard InChI is InChI=1S/C15H15NO2/c1-2-18-16-12-8-7-11-10-17-15-6-4-3-5-13(15)14(11)9-12/h3-10,15-16H,2H2,1H3. The Morgan fingerprint density at radius 1 is 1.33 bits per heavy atom. The summed E-state index contributed by atoms with van der Waals surface area (Å²) < 4.78 is 5.68. The van der Waals surface area contributed by atoms with E-state index >= 15 is 0 Å². The lowest BCUT2D eigenvalue weighted by molar-refractivity contribution is 0.210. The van der Waals surface area contributed by atoms with Crippen LogP contribution < -0.4 is 15.9 Å². The van der Waals surface area contributed by atoms with Crippen LogP contribution in [0.5, 0.6) is 0 Å². The van der Waals surface area contributed by atoms with Crippen LogP contribution >= 0.6 is 0 Å². The third kappa shape index (κ3) is 1.93. The van der Waals surface area contributed by atoms with Crippen molar-refractivity contribution in [2.75, 3.05) is 12.1 Å². The van der Waals surface area contributed by atoms with Crippen LogP contribution in [0, 0.1) is 0 Å². The number of fused-ring (bicyclic) bond motifs is 2.